The van der Waals surface area contributed by atoms with E-state index in [9.17, 15) is 4.79 Å². The van der Waals surface area contributed by atoms with Crippen LogP contribution in [-0.2, 0) is 4.79 Å². The lowest BCUT2D eigenvalue weighted by molar-refractivity contribution is -0.120. The van der Waals surface area contributed by atoms with Gasteiger partial charge in [0.15, 0.2) is 5.78 Å². The molecule has 0 aromatic heterocycles. The maximum Gasteiger partial charge on any atom is 0.165 e. The van der Waals surface area contributed by atoms with Gasteiger partial charge >= 0.3 is 0 Å². The fourth-order valence-electron chi connectivity index (χ4n) is 2.47. The summed E-state index contributed by atoms with van der Waals surface area (Å²) < 4.78 is 0. The summed E-state index contributed by atoms with van der Waals surface area (Å²) in [5.41, 5.74) is 7.39. The van der Waals surface area contributed by atoms with Crippen LogP contribution < -0.4 is 5.73 Å². The van der Waals surface area contributed by atoms with Gasteiger partial charge in [-0.1, -0.05) is 25.5 Å². The van der Waals surface area contributed by atoms with Gasteiger partial charge in [-0.05, 0) is 32.1 Å². The molecule has 1 rings (SSSR count). The molecule has 0 aliphatic heterocycles. The van der Waals surface area contributed by atoms with Crippen molar-refractivity contribution in [3.8, 4) is 0 Å². The highest BCUT2D eigenvalue weighted by Gasteiger charge is 2.36. The van der Waals surface area contributed by atoms with E-state index in [2.05, 4.69) is 19.9 Å². The third-order valence-corrected chi connectivity index (χ3v) is 3.15. The minimum atomic E-state index is 0.00440. The van der Waals surface area contributed by atoms with Crippen LogP contribution >= 0.6 is 0 Å². The van der Waals surface area contributed by atoms with Gasteiger partial charge in [0.1, 0.15) is 0 Å². The second-order valence-corrected chi connectivity index (χ2v) is 5.20. The molecule has 1 atom stereocenters. The van der Waals surface area contributed by atoms with E-state index in [0.717, 1.165) is 12.8 Å². The van der Waals surface area contributed by atoms with E-state index in [1.54, 1.807) is 13.0 Å². The van der Waals surface area contributed by atoms with E-state index in [4.69, 9.17) is 5.73 Å². The lowest BCUT2D eigenvalue weighted by Gasteiger charge is -2.36. The Morgan fingerprint density at radius 1 is 1.60 bits per heavy atom. The third-order valence-electron chi connectivity index (χ3n) is 3.15. The Morgan fingerprint density at radius 2 is 2.20 bits per heavy atom. The quantitative estimate of drug-likeness (QED) is 0.559. The number of hydrogen-bond donors (Lipinski definition) is 1. The van der Waals surface area contributed by atoms with Crippen molar-refractivity contribution < 1.29 is 4.79 Å². The molecule has 2 N–H and O–H groups in total. The first-order valence-corrected chi connectivity index (χ1v) is 5.49. The zero-order valence-corrected chi connectivity index (χ0v) is 10.1. The Kier molecular flexibility index (Phi) is 3.38. The number of carbonyl (C=O) groups is 1. The predicted molar refractivity (Wildman–Crippen MR) is 63.2 cm³/mol. The van der Waals surface area contributed by atoms with Gasteiger partial charge in [-0.15, -0.1) is 0 Å². The highest BCUT2D eigenvalue weighted by molar-refractivity contribution is 5.94. The van der Waals surface area contributed by atoms with Gasteiger partial charge in [0.2, 0.25) is 0 Å². The van der Waals surface area contributed by atoms with Gasteiger partial charge in [0.05, 0.1) is 0 Å². The second kappa shape index (κ2) is 4.21. The molecule has 0 fully saturated rings. The molecule has 0 heterocycles. The SMILES string of the molecule is CC1=CCCC(C)(C)C1C(=O)/C=C(/C)N. The average Bonchev–Trinajstić information content (AvgIpc) is 1.99. The van der Waals surface area contributed by atoms with Crippen LogP contribution in [0.1, 0.15) is 40.5 Å². The van der Waals surface area contributed by atoms with E-state index < -0.39 is 0 Å². The fraction of sp³-hybridized carbons (Fsp3) is 0.615. The maximum atomic E-state index is 12.0. The van der Waals surface area contributed by atoms with Gasteiger partial charge in [-0.2, -0.15) is 0 Å². The zero-order valence-electron chi connectivity index (χ0n) is 10.1. The second-order valence-electron chi connectivity index (χ2n) is 5.20. The normalized spacial score (nSPS) is 26.0. The molecule has 2 nitrogen and oxygen atoms in total. The maximum absolute atomic E-state index is 12.0. The highest BCUT2D eigenvalue weighted by atomic mass is 16.1. The predicted octanol–water partition coefficient (Wildman–Crippen LogP) is 2.80. The van der Waals surface area contributed by atoms with Crippen LogP contribution in [0, 0.1) is 11.3 Å². The summed E-state index contributed by atoms with van der Waals surface area (Å²) in [4.78, 5) is 12.0. The van der Waals surface area contributed by atoms with E-state index in [-0.39, 0.29) is 17.1 Å². The number of ketones is 1. The molecule has 15 heavy (non-hydrogen) atoms. The van der Waals surface area contributed by atoms with Gasteiger partial charge in [-0.25, -0.2) is 0 Å². The lowest BCUT2D eigenvalue weighted by Crippen LogP contribution is -2.33. The molecule has 0 saturated carbocycles. The molecule has 0 aromatic rings. The molecule has 84 valence electrons. The summed E-state index contributed by atoms with van der Waals surface area (Å²) in [6.45, 7) is 8.12. The van der Waals surface area contributed by atoms with Crippen molar-refractivity contribution in [2.45, 2.75) is 40.5 Å². The van der Waals surface area contributed by atoms with Crippen LogP contribution in [-0.4, -0.2) is 5.78 Å². The van der Waals surface area contributed by atoms with Gasteiger partial charge in [-0.3, -0.25) is 4.79 Å². The van der Waals surface area contributed by atoms with Crippen molar-refractivity contribution >= 4 is 5.78 Å². The molecule has 2 heteroatoms. The Balaban J connectivity index is 2.99. The standard InChI is InChI=1S/C13H21NO/c1-9-6-5-7-13(3,4)12(9)11(15)8-10(2)14/h6,8,12H,5,7,14H2,1-4H3/b10-8-. The van der Waals surface area contributed by atoms with Crippen LogP contribution in [0.15, 0.2) is 23.4 Å². The molecule has 0 bridgehead atoms. The fourth-order valence-corrected chi connectivity index (χ4v) is 2.47. The van der Waals surface area contributed by atoms with E-state index in [0.29, 0.717) is 5.70 Å². The molecule has 0 saturated heterocycles. The summed E-state index contributed by atoms with van der Waals surface area (Å²) in [5.74, 6) is 0.151. The Morgan fingerprint density at radius 3 is 2.67 bits per heavy atom. The van der Waals surface area contributed by atoms with Gasteiger partial charge in [0, 0.05) is 17.7 Å². The average molecular weight is 207 g/mol. The number of carbonyl (C=O) groups excluding carboxylic acids is 1. The summed E-state index contributed by atoms with van der Waals surface area (Å²) in [6, 6.07) is 0. The molecule has 0 amide bonds. The molecule has 1 aliphatic rings. The molecule has 1 unspecified atom stereocenters. The van der Waals surface area contributed by atoms with Crippen molar-refractivity contribution in [3.63, 3.8) is 0 Å². The molecular formula is C13H21NO. The first-order chi connectivity index (χ1) is 6.84. The largest absolute Gasteiger partial charge is 0.402 e. The monoisotopic (exact) mass is 207 g/mol. The Hall–Kier alpha value is -1.05. The zero-order chi connectivity index (χ0) is 11.6. The molecule has 1 aliphatic carbocycles. The van der Waals surface area contributed by atoms with Crippen molar-refractivity contribution in [1.82, 2.24) is 0 Å². The number of allylic oxidation sites excluding steroid dienone is 4. The van der Waals surface area contributed by atoms with Crippen LogP contribution in [0.25, 0.3) is 0 Å². The Bertz CT molecular complexity index is 319. The summed E-state index contributed by atoms with van der Waals surface area (Å²) in [5, 5.41) is 0. The van der Waals surface area contributed by atoms with E-state index in [1.165, 1.54) is 5.57 Å². The van der Waals surface area contributed by atoms with Crippen LogP contribution in [0.4, 0.5) is 0 Å². The van der Waals surface area contributed by atoms with Crippen molar-refractivity contribution in [2.24, 2.45) is 17.1 Å². The van der Waals surface area contributed by atoms with Gasteiger partial charge in [0.25, 0.3) is 0 Å². The lowest BCUT2D eigenvalue weighted by atomic mass is 9.67. The van der Waals surface area contributed by atoms with Crippen LogP contribution in [0.3, 0.4) is 0 Å². The smallest absolute Gasteiger partial charge is 0.165 e. The minimum absolute atomic E-state index is 0.00440. The minimum Gasteiger partial charge on any atom is -0.402 e. The van der Waals surface area contributed by atoms with E-state index >= 15 is 0 Å². The number of hydrogen-bond acceptors (Lipinski definition) is 2. The Labute approximate surface area is 92.2 Å². The first-order valence-electron chi connectivity index (χ1n) is 5.49. The molecule has 0 radical (unpaired) electrons. The molecular weight excluding hydrogens is 186 g/mol. The van der Waals surface area contributed by atoms with Crippen LogP contribution in [0.5, 0.6) is 0 Å². The van der Waals surface area contributed by atoms with Crippen LogP contribution in [0.2, 0.25) is 0 Å². The highest BCUT2D eigenvalue weighted by Crippen LogP contribution is 2.41. The molecule has 0 aromatic carbocycles. The topological polar surface area (TPSA) is 43.1 Å². The summed E-state index contributed by atoms with van der Waals surface area (Å²) in [6.07, 6.45) is 5.88. The number of rotatable bonds is 2. The summed E-state index contributed by atoms with van der Waals surface area (Å²) in [7, 11) is 0. The first kappa shape index (κ1) is 12.0. The van der Waals surface area contributed by atoms with Crippen molar-refractivity contribution in [2.75, 3.05) is 0 Å². The third kappa shape index (κ3) is 2.71. The van der Waals surface area contributed by atoms with Gasteiger partial charge < -0.3 is 5.73 Å². The molecule has 0 spiro atoms. The van der Waals surface area contributed by atoms with E-state index in [1.807, 2.05) is 6.92 Å². The van der Waals surface area contributed by atoms with Crippen molar-refractivity contribution in [1.29, 1.82) is 0 Å². The summed E-state index contributed by atoms with van der Waals surface area (Å²) >= 11 is 0. The van der Waals surface area contributed by atoms with Crippen molar-refractivity contribution in [3.05, 3.63) is 23.4 Å². The number of nitrogens with two attached hydrogens (primary N) is 1.